The fourth-order valence-electron chi connectivity index (χ4n) is 1.70. The van der Waals surface area contributed by atoms with Gasteiger partial charge in [0.1, 0.15) is 0 Å². The van der Waals surface area contributed by atoms with Crippen molar-refractivity contribution in [1.29, 1.82) is 0 Å². The monoisotopic (exact) mass is 249 g/mol. The van der Waals surface area contributed by atoms with E-state index in [2.05, 4.69) is 6.58 Å². The summed E-state index contributed by atoms with van der Waals surface area (Å²) in [6, 6.07) is 7.30. The molecule has 0 aromatic heterocycles. The minimum absolute atomic E-state index is 0.0582. The van der Waals surface area contributed by atoms with Gasteiger partial charge in [-0.3, -0.25) is 4.79 Å². The number of amides is 1. The standard InChI is InChI=1S/C14H19NO3/c1-3-7-15(8-9-16)14(17)13-6-4-5-12(10-13)11-18-2/h3-6,10,16H,1,7-9,11H2,2H3. The molecule has 4 heteroatoms. The molecule has 18 heavy (non-hydrogen) atoms. The Morgan fingerprint density at radius 2 is 2.33 bits per heavy atom. The van der Waals surface area contributed by atoms with Crippen molar-refractivity contribution < 1.29 is 14.6 Å². The van der Waals surface area contributed by atoms with E-state index in [1.165, 1.54) is 0 Å². The van der Waals surface area contributed by atoms with Crippen molar-refractivity contribution in [1.82, 2.24) is 4.90 Å². The van der Waals surface area contributed by atoms with E-state index in [4.69, 9.17) is 9.84 Å². The third kappa shape index (κ3) is 3.98. The topological polar surface area (TPSA) is 49.8 Å². The first kappa shape index (κ1) is 14.4. The van der Waals surface area contributed by atoms with Crippen LogP contribution >= 0.6 is 0 Å². The zero-order chi connectivity index (χ0) is 13.4. The quantitative estimate of drug-likeness (QED) is 0.744. The molecule has 1 aromatic carbocycles. The van der Waals surface area contributed by atoms with E-state index in [1.807, 2.05) is 12.1 Å². The second-order valence-corrected chi connectivity index (χ2v) is 3.90. The van der Waals surface area contributed by atoms with Crippen molar-refractivity contribution >= 4 is 5.91 Å². The second kappa shape index (κ2) is 7.63. The zero-order valence-electron chi connectivity index (χ0n) is 10.6. The lowest BCUT2D eigenvalue weighted by molar-refractivity contribution is 0.0742. The van der Waals surface area contributed by atoms with Crippen LogP contribution in [0.25, 0.3) is 0 Å². The number of methoxy groups -OCH3 is 1. The van der Waals surface area contributed by atoms with Crippen LogP contribution in [-0.4, -0.2) is 42.7 Å². The Hall–Kier alpha value is -1.65. The lowest BCUT2D eigenvalue weighted by atomic mass is 10.1. The number of hydrogen-bond donors (Lipinski definition) is 1. The fourth-order valence-corrected chi connectivity index (χ4v) is 1.70. The summed E-state index contributed by atoms with van der Waals surface area (Å²) in [5.41, 5.74) is 1.55. The lowest BCUT2D eigenvalue weighted by Crippen LogP contribution is -2.33. The Morgan fingerprint density at radius 1 is 1.56 bits per heavy atom. The molecule has 1 rings (SSSR count). The largest absolute Gasteiger partial charge is 0.395 e. The number of carbonyl (C=O) groups excluding carboxylic acids is 1. The van der Waals surface area contributed by atoms with Crippen molar-refractivity contribution in [2.24, 2.45) is 0 Å². The summed E-state index contributed by atoms with van der Waals surface area (Å²) in [5, 5.41) is 8.95. The van der Waals surface area contributed by atoms with Crippen LogP contribution in [0, 0.1) is 0 Å². The van der Waals surface area contributed by atoms with Crippen molar-refractivity contribution in [3.05, 3.63) is 48.0 Å². The summed E-state index contributed by atoms with van der Waals surface area (Å²) in [6.07, 6.45) is 1.65. The maximum absolute atomic E-state index is 12.2. The number of aliphatic hydroxyl groups is 1. The summed E-state index contributed by atoms with van der Waals surface area (Å²) in [6.45, 7) is 4.76. The second-order valence-electron chi connectivity index (χ2n) is 3.90. The molecule has 0 saturated heterocycles. The van der Waals surface area contributed by atoms with Crippen LogP contribution in [0.15, 0.2) is 36.9 Å². The van der Waals surface area contributed by atoms with E-state index in [1.54, 1.807) is 30.2 Å². The van der Waals surface area contributed by atoms with Crippen LogP contribution in [0.3, 0.4) is 0 Å². The summed E-state index contributed by atoms with van der Waals surface area (Å²) < 4.78 is 5.04. The zero-order valence-corrected chi connectivity index (χ0v) is 10.6. The third-order valence-electron chi connectivity index (χ3n) is 2.49. The fraction of sp³-hybridized carbons (Fsp3) is 0.357. The van der Waals surface area contributed by atoms with Gasteiger partial charge in [-0.2, -0.15) is 0 Å². The molecule has 98 valence electrons. The SMILES string of the molecule is C=CCN(CCO)C(=O)c1cccc(COC)c1. The molecule has 0 fully saturated rings. The number of aliphatic hydroxyl groups excluding tert-OH is 1. The van der Waals surface area contributed by atoms with Crippen LogP contribution in [0.5, 0.6) is 0 Å². The maximum Gasteiger partial charge on any atom is 0.254 e. The van der Waals surface area contributed by atoms with Crippen LogP contribution in [0.4, 0.5) is 0 Å². The molecule has 1 amide bonds. The van der Waals surface area contributed by atoms with Crippen LogP contribution in [0.2, 0.25) is 0 Å². The Balaban J connectivity index is 2.86. The van der Waals surface area contributed by atoms with Crippen LogP contribution in [0.1, 0.15) is 15.9 Å². The molecule has 4 nitrogen and oxygen atoms in total. The smallest absolute Gasteiger partial charge is 0.254 e. The predicted molar refractivity (Wildman–Crippen MR) is 70.3 cm³/mol. The molecule has 0 atom stereocenters. The number of hydrogen-bond acceptors (Lipinski definition) is 3. The number of nitrogens with zero attached hydrogens (tertiary/aromatic N) is 1. The first-order valence-electron chi connectivity index (χ1n) is 5.81. The minimum atomic E-state index is -0.109. The molecule has 0 aliphatic heterocycles. The Morgan fingerprint density at radius 3 is 2.94 bits per heavy atom. The third-order valence-corrected chi connectivity index (χ3v) is 2.49. The molecule has 1 aromatic rings. The van der Waals surface area contributed by atoms with Gasteiger partial charge in [0, 0.05) is 25.8 Å². The van der Waals surface area contributed by atoms with E-state index >= 15 is 0 Å². The van der Waals surface area contributed by atoms with Crippen molar-refractivity contribution in [3.63, 3.8) is 0 Å². The average molecular weight is 249 g/mol. The van der Waals surface area contributed by atoms with Gasteiger partial charge in [0.15, 0.2) is 0 Å². The highest BCUT2D eigenvalue weighted by Crippen LogP contribution is 2.09. The Bertz CT molecular complexity index is 404. The highest BCUT2D eigenvalue weighted by molar-refractivity contribution is 5.94. The highest BCUT2D eigenvalue weighted by Gasteiger charge is 2.14. The normalized spacial score (nSPS) is 10.1. The first-order valence-corrected chi connectivity index (χ1v) is 5.81. The number of carbonyl (C=O) groups is 1. The summed E-state index contributed by atoms with van der Waals surface area (Å²) in [7, 11) is 1.62. The van der Waals surface area contributed by atoms with E-state index in [9.17, 15) is 4.79 Å². The molecule has 0 aliphatic rings. The summed E-state index contributed by atoms with van der Waals surface area (Å²) in [5.74, 6) is -0.109. The maximum atomic E-state index is 12.2. The van der Waals surface area contributed by atoms with Gasteiger partial charge in [-0.1, -0.05) is 18.2 Å². The molecule has 0 bridgehead atoms. The Labute approximate surface area is 107 Å². The van der Waals surface area contributed by atoms with Gasteiger partial charge in [0.05, 0.1) is 13.2 Å². The van der Waals surface area contributed by atoms with Crippen LogP contribution in [-0.2, 0) is 11.3 Å². The molecule has 0 aliphatic carbocycles. The predicted octanol–water partition coefficient (Wildman–Crippen LogP) is 1.45. The van der Waals surface area contributed by atoms with Gasteiger partial charge in [-0.15, -0.1) is 6.58 Å². The molecule has 1 N–H and O–H groups in total. The van der Waals surface area contributed by atoms with E-state index < -0.39 is 0 Å². The molecule has 0 radical (unpaired) electrons. The van der Waals surface area contributed by atoms with E-state index in [-0.39, 0.29) is 12.5 Å². The van der Waals surface area contributed by atoms with Crippen LogP contribution < -0.4 is 0 Å². The molecule has 0 heterocycles. The Kier molecular flexibility index (Phi) is 6.11. The number of benzene rings is 1. The first-order chi connectivity index (χ1) is 8.72. The molecule has 0 saturated carbocycles. The number of rotatable bonds is 7. The van der Waals surface area contributed by atoms with E-state index in [0.29, 0.717) is 25.3 Å². The van der Waals surface area contributed by atoms with Gasteiger partial charge in [-0.25, -0.2) is 0 Å². The van der Waals surface area contributed by atoms with Gasteiger partial charge < -0.3 is 14.7 Å². The van der Waals surface area contributed by atoms with E-state index in [0.717, 1.165) is 5.56 Å². The van der Waals surface area contributed by atoms with Gasteiger partial charge >= 0.3 is 0 Å². The molecule has 0 spiro atoms. The molecular weight excluding hydrogens is 230 g/mol. The van der Waals surface area contributed by atoms with Gasteiger partial charge in [-0.05, 0) is 17.7 Å². The highest BCUT2D eigenvalue weighted by atomic mass is 16.5. The lowest BCUT2D eigenvalue weighted by Gasteiger charge is -2.20. The summed E-state index contributed by atoms with van der Waals surface area (Å²) >= 11 is 0. The van der Waals surface area contributed by atoms with Gasteiger partial charge in [0.2, 0.25) is 0 Å². The van der Waals surface area contributed by atoms with Gasteiger partial charge in [0.25, 0.3) is 5.91 Å². The van der Waals surface area contributed by atoms with Crippen molar-refractivity contribution in [2.75, 3.05) is 26.8 Å². The van der Waals surface area contributed by atoms with Crippen molar-refractivity contribution in [3.8, 4) is 0 Å². The summed E-state index contributed by atoms with van der Waals surface area (Å²) in [4.78, 5) is 13.8. The molecule has 0 unspecified atom stereocenters. The van der Waals surface area contributed by atoms with Crippen molar-refractivity contribution in [2.45, 2.75) is 6.61 Å². The molecular formula is C14H19NO3. The minimum Gasteiger partial charge on any atom is -0.395 e. The number of ether oxygens (including phenoxy) is 1. The average Bonchev–Trinajstić information content (AvgIpc) is 2.38.